The highest BCUT2D eigenvalue weighted by Gasteiger charge is 2.21. The van der Waals surface area contributed by atoms with Crippen molar-refractivity contribution in [2.45, 2.75) is 38.1 Å². The molecule has 94 valence electrons. The molecule has 0 radical (unpaired) electrons. The van der Waals surface area contributed by atoms with Gasteiger partial charge in [0.25, 0.3) is 0 Å². The van der Waals surface area contributed by atoms with E-state index < -0.39 is 0 Å². The highest BCUT2D eigenvalue weighted by Crippen LogP contribution is 2.33. The van der Waals surface area contributed by atoms with Gasteiger partial charge in [0.2, 0.25) is 0 Å². The van der Waals surface area contributed by atoms with Gasteiger partial charge in [-0.15, -0.1) is 0 Å². The Bertz CT molecular complexity index is 378. The summed E-state index contributed by atoms with van der Waals surface area (Å²) < 4.78 is 13.4. The van der Waals surface area contributed by atoms with Crippen LogP contribution >= 0.6 is 11.6 Å². The first-order valence-corrected chi connectivity index (χ1v) is 6.49. The molecule has 3 N–H and O–H groups in total. The second-order valence-electron chi connectivity index (χ2n) is 4.78. The van der Waals surface area contributed by atoms with Gasteiger partial charge in [-0.05, 0) is 30.0 Å². The third-order valence-corrected chi connectivity index (χ3v) is 3.90. The zero-order valence-corrected chi connectivity index (χ0v) is 10.5. The quantitative estimate of drug-likeness (QED) is 0.639. The molecule has 1 aromatic rings. The largest absolute Gasteiger partial charge is 0.271 e. The summed E-state index contributed by atoms with van der Waals surface area (Å²) >= 11 is 5.67. The lowest BCUT2D eigenvalue weighted by Crippen LogP contribution is -2.29. The first-order valence-electron chi connectivity index (χ1n) is 6.12. The van der Waals surface area contributed by atoms with E-state index in [1.54, 1.807) is 6.07 Å². The molecule has 0 spiro atoms. The highest BCUT2D eigenvalue weighted by molar-refractivity contribution is 6.30. The van der Waals surface area contributed by atoms with Crippen LogP contribution < -0.4 is 11.3 Å². The summed E-state index contributed by atoms with van der Waals surface area (Å²) in [6.45, 7) is 0. The second kappa shape index (κ2) is 5.80. The standard InChI is InChI=1S/C13H18ClFN2/c14-11-6-5-10(8-12(11)15)13(17-16)7-9-3-1-2-4-9/h5-6,8-9,13,17H,1-4,7,16H2. The molecule has 1 atom stereocenters. The summed E-state index contributed by atoms with van der Waals surface area (Å²) in [5.41, 5.74) is 3.66. The summed E-state index contributed by atoms with van der Waals surface area (Å²) in [7, 11) is 0. The van der Waals surface area contributed by atoms with Crippen LogP contribution in [-0.4, -0.2) is 0 Å². The van der Waals surface area contributed by atoms with E-state index in [-0.39, 0.29) is 16.9 Å². The van der Waals surface area contributed by atoms with Gasteiger partial charge in [0, 0.05) is 6.04 Å². The second-order valence-corrected chi connectivity index (χ2v) is 5.19. The maximum Gasteiger partial charge on any atom is 0.142 e. The Morgan fingerprint density at radius 2 is 2.12 bits per heavy atom. The number of nitrogens with two attached hydrogens (primary N) is 1. The van der Waals surface area contributed by atoms with E-state index in [1.165, 1.54) is 31.7 Å². The van der Waals surface area contributed by atoms with Crippen molar-refractivity contribution >= 4 is 11.6 Å². The fourth-order valence-electron chi connectivity index (χ4n) is 2.61. The predicted octanol–water partition coefficient (Wildman–Crippen LogP) is 3.56. The molecule has 1 saturated carbocycles. The van der Waals surface area contributed by atoms with Gasteiger partial charge in [0.15, 0.2) is 0 Å². The summed E-state index contributed by atoms with van der Waals surface area (Å²) in [5.74, 6) is 5.89. The van der Waals surface area contributed by atoms with Gasteiger partial charge in [-0.2, -0.15) is 0 Å². The molecule has 2 nitrogen and oxygen atoms in total. The van der Waals surface area contributed by atoms with E-state index in [0.29, 0.717) is 5.92 Å². The third-order valence-electron chi connectivity index (χ3n) is 3.59. The molecule has 0 heterocycles. The van der Waals surface area contributed by atoms with Gasteiger partial charge in [-0.1, -0.05) is 43.4 Å². The van der Waals surface area contributed by atoms with Gasteiger partial charge >= 0.3 is 0 Å². The topological polar surface area (TPSA) is 38.0 Å². The SMILES string of the molecule is NNC(CC1CCCC1)c1ccc(Cl)c(F)c1. The van der Waals surface area contributed by atoms with Crippen LogP contribution in [0.4, 0.5) is 4.39 Å². The maximum absolute atomic E-state index is 13.4. The number of nitrogens with one attached hydrogen (secondary N) is 1. The Hall–Kier alpha value is -0.640. The van der Waals surface area contributed by atoms with Crippen LogP contribution in [0.15, 0.2) is 18.2 Å². The molecule has 1 fully saturated rings. The predicted molar refractivity (Wildman–Crippen MR) is 68.0 cm³/mol. The van der Waals surface area contributed by atoms with Crippen LogP contribution in [0.3, 0.4) is 0 Å². The lowest BCUT2D eigenvalue weighted by Gasteiger charge is -2.20. The molecule has 1 aliphatic carbocycles. The Morgan fingerprint density at radius 1 is 1.41 bits per heavy atom. The lowest BCUT2D eigenvalue weighted by atomic mass is 9.94. The van der Waals surface area contributed by atoms with Crippen molar-refractivity contribution in [3.8, 4) is 0 Å². The van der Waals surface area contributed by atoms with Crippen LogP contribution in [0, 0.1) is 11.7 Å². The van der Waals surface area contributed by atoms with Crippen molar-refractivity contribution < 1.29 is 4.39 Å². The Balaban J connectivity index is 2.08. The average Bonchev–Trinajstić information content (AvgIpc) is 2.82. The Kier molecular flexibility index (Phi) is 4.37. The molecule has 0 amide bonds. The number of rotatable bonds is 4. The van der Waals surface area contributed by atoms with Crippen LogP contribution in [0.5, 0.6) is 0 Å². The number of hydrogen-bond acceptors (Lipinski definition) is 2. The summed E-state index contributed by atoms with van der Waals surface area (Å²) in [6.07, 6.45) is 6.09. The Morgan fingerprint density at radius 3 is 2.71 bits per heavy atom. The zero-order chi connectivity index (χ0) is 12.3. The zero-order valence-electron chi connectivity index (χ0n) is 9.76. The van der Waals surface area contributed by atoms with Crippen molar-refractivity contribution in [2.24, 2.45) is 11.8 Å². The van der Waals surface area contributed by atoms with Gasteiger partial charge in [-0.3, -0.25) is 11.3 Å². The lowest BCUT2D eigenvalue weighted by molar-refractivity contribution is 0.399. The van der Waals surface area contributed by atoms with E-state index in [1.807, 2.05) is 6.07 Å². The highest BCUT2D eigenvalue weighted by atomic mass is 35.5. The molecule has 1 aliphatic rings. The molecular weight excluding hydrogens is 239 g/mol. The minimum Gasteiger partial charge on any atom is -0.271 e. The molecule has 0 saturated heterocycles. The van der Waals surface area contributed by atoms with Gasteiger partial charge in [0.1, 0.15) is 5.82 Å². The van der Waals surface area contributed by atoms with E-state index in [2.05, 4.69) is 5.43 Å². The van der Waals surface area contributed by atoms with Crippen molar-refractivity contribution in [3.05, 3.63) is 34.6 Å². The van der Waals surface area contributed by atoms with E-state index in [9.17, 15) is 4.39 Å². The molecular formula is C13H18ClFN2. The molecule has 0 aromatic heterocycles. The number of hydrazine groups is 1. The van der Waals surface area contributed by atoms with Crippen LogP contribution in [0.2, 0.25) is 5.02 Å². The van der Waals surface area contributed by atoms with Gasteiger partial charge in [-0.25, -0.2) is 4.39 Å². The maximum atomic E-state index is 13.4. The monoisotopic (exact) mass is 256 g/mol. The molecule has 0 bridgehead atoms. The molecule has 17 heavy (non-hydrogen) atoms. The fraction of sp³-hybridized carbons (Fsp3) is 0.538. The summed E-state index contributed by atoms with van der Waals surface area (Å²) in [6, 6.07) is 4.92. The number of benzene rings is 1. The first-order chi connectivity index (χ1) is 8.20. The van der Waals surface area contributed by atoms with Crippen molar-refractivity contribution in [1.82, 2.24) is 5.43 Å². The summed E-state index contributed by atoms with van der Waals surface area (Å²) in [5, 5.41) is 0.158. The van der Waals surface area contributed by atoms with E-state index in [0.717, 1.165) is 12.0 Å². The molecule has 0 aliphatic heterocycles. The van der Waals surface area contributed by atoms with Crippen molar-refractivity contribution in [1.29, 1.82) is 0 Å². The fourth-order valence-corrected chi connectivity index (χ4v) is 2.73. The first kappa shape index (κ1) is 12.8. The minimum absolute atomic E-state index is 0.0184. The van der Waals surface area contributed by atoms with Crippen molar-refractivity contribution in [3.63, 3.8) is 0 Å². The van der Waals surface area contributed by atoms with Crippen LogP contribution in [-0.2, 0) is 0 Å². The minimum atomic E-state index is -0.379. The smallest absolute Gasteiger partial charge is 0.142 e. The van der Waals surface area contributed by atoms with Gasteiger partial charge in [0.05, 0.1) is 5.02 Å². The number of hydrogen-bond donors (Lipinski definition) is 2. The van der Waals surface area contributed by atoms with Crippen LogP contribution in [0.1, 0.15) is 43.7 Å². The molecule has 1 unspecified atom stereocenters. The molecule has 2 rings (SSSR count). The molecule has 4 heteroatoms. The average molecular weight is 257 g/mol. The normalized spacial score (nSPS) is 18.5. The van der Waals surface area contributed by atoms with E-state index >= 15 is 0 Å². The van der Waals surface area contributed by atoms with Crippen LogP contribution in [0.25, 0.3) is 0 Å². The third kappa shape index (κ3) is 3.18. The Labute approximate surface area is 106 Å². The van der Waals surface area contributed by atoms with Gasteiger partial charge < -0.3 is 0 Å². The summed E-state index contributed by atoms with van der Waals surface area (Å²) in [4.78, 5) is 0. The number of halogens is 2. The van der Waals surface area contributed by atoms with E-state index in [4.69, 9.17) is 17.4 Å². The molecule has 1 aromatic carbocycles. The van der Waals surface area contributed by atoms with Crippen molar-refractivity contribution in [2.75, 3.05) is 0 Å².